The molecule has 0 spiro atoms. The van der Waals surface area contributed by atoms with Crippen LogP contribution in [-0.4, -0.2) is 62.6 Å². The summed E-state index contributed by atoms with van der Waals surface area (Å²) in [6.07, 6.45) is -0.774. The summed E-state index contributed by atoms with van der Waals surface area (Å²) in [5.74, 6) is -1.05. The van der Waals surface area contributed by atoms with Gasteiger partial charge in [0.2, 0.25) is 5.91 Å². The normalized spacial score (nSPS) is 32.1. The average molecular weight is 343 g/mol. The van der Waals surface area contributed by atoms with Gasteiger partial charge in [-0.05, 0) is 13.8 Å². The first-order valence-corrected chi connectivity index (χ1v) is 8.73. The first-order valence-electron chi connectivity index (χ1n) is 6.97. The summed E-state index contributed by atoms with van der Waals surface area (Å²) in [6.45, 7) is 4.80. The molecule has 3 aliphatic rings. The van der Waals surface area contributed by atoms with Crippen molar-refractivity contribution in [2.75, 3.05) is 13.1 Å². The second-order valence-electron chi connectivity index (χ2n) is 5.47. The number of hydrogen-bond donors (Lipinski definition) is 3. The van der Waals surface area contributed by atoms with Gasteiger partial charge < -0.3 is 15.5 Å². The van der Waals surface area contributed by atoms with E-state index in [2.05, 4.69) is 10.3 Å². The molecule has 0 radical (unpaired) electrons. The van der Waals surface area contributed by atoms with Crippen molar-refractivity contribution in [2.24, 2.45) is 10.9 Å². The number of carbonyl (C=O) groups excluding carboxylic acids is 1. The molecule has 3 aliphatic heterocycles. The number of carboxylic acids is 1. The lowest BCUT2D eigenvalue weighted by molar-refractivity contribution is -0.156. The standard InChI is InChI=1S/C13H17N3O4S2/c1-5(17)8-10(18)16-9(12(19)20)13(22-11(8)16)21-7-3-14-6(2)15-4-7/h5,7-8,11,17H,3-4H2,1-2H3,(H,14,15)(H,19,20)/t5?,8-,11+/m0/s1. The van der Waals surface area contributed by atoms with Gasteiger partial charge in [0, 0.05) is 11.8 Å². The van der Waals surface area contributed by atoms with E-state index in [1.807, 2.05) is 6.92 Å². The summed E-state index contributed by atoms with van der Waals surface area (Å²) in [6, 6.07) is 0. The highest BCUT2D eigenvalue weighted by molar-refractivity contribution is 8.23. The minimum Gasteiger partial charge on any atom is -0.477 e. The summed E-state index contributed by atoms with van der Waals surface area (Å²) < 4.78 is 0.635. The smallest absolute Gasteiger partial charge is 0.354 e. The van der Waals surface area contributed by atoms with E-state index in [4.69, 9.17) is 0 Å². The first-order chi connectivity index (χ1) is 10.4. The van der Waals surface area contributed by atoms with Gasteiger partial charge >= 0.3 is 5.97 Å². The third kappa shape index (κ3) is 2.50. The van der Waals surface area contributed by atoms with E-state index in [9.17, 15) is 19.8 Å². The number of rotatable bonds is 4. The third-order valence-electron chi connectivity index (χ3n) is 3.86. The predicted octanol–water partition coefficient (Wildman–Crippen LogP) is 0.276. The fourth-order valence-corrected chi connectivity index (χ4v) is 5.85. The molecule has 120 valence electrons. The number of β-lactam (4-membered cyclic amide) rings is 1. The number of aliphatic imine (C=N–C) groups is 1. The van der Waals surface area contributed by atoms with Crippen molar-refractivity contribution < 1.29 is 19.8 Å². The lowest BCUT2D eigenvalue weighted by Gasteiger charge is -2.43. The van der Waals surface area contributed by atoms with Gasteiger partial charge in [0.25, 0.3) is 0 Å². The van der Waals surface area contributed by atoms with Crippen LogP contribution in [-0.2, 0) is 9.59 Å². The van der Waals surface area contributed by atoms with Gasteiger partial charge in [0.05, 0.1) is 28.6 Å². The minimum absolute atomic E-state index is 0.0492. The molecule has 3 N–H and O–H groups in total. The second-order valence-corrected chi connectivity index (χ2v) is 8.17. The van der Waals surface area contributed by atoms with Crippen LogP contribution >= 0.6 is 23.5 Å². The van der Waals surface area contributed by atoms with Gasteiger partial charge in [0.15, 0.2) is 5.70 Å². The molecule has 0 saturated carbocycles. The number of nitrogens with zero attached hydrogens (tertiary/aromatic N) is 2. The summed E-state index contributed by atoms with van der Waals surface area (Å²) in [4.78, 5) is 29.2. The molecule has 1 saturated heterocycles. The average Bonchev–Trinajstić information content (AvgIpc) is 2.75. The fourth-order valence-electron chi connectivity index (χ4n) is 2.68. The molecule has 1 fully saturated rings. The summed E-state index contributed by atoms with van der Waals surface area (Å²) in [5, 5.41) is 22.1. The zero-order valence-electron chi connectivity index (χ0n) is 12.1. The number of fused-ring (bicyclic) bond motifs is 1. The first kappa shape index (κ1) is 15.7. The van der Waals surface area contributed by atoms with Crippen LogP contribution in [0.2, 0.25) is 0 Å². The highest BCUT2D eigenvalue weighted by Gasteiger charge is 2.57. The van der Waals surface area contributed by atoms with Crippen LogP contribution in [0.25, 0.3) is 0 Å². The van der Waals surface area contributed by atoms with Crippen molar-refractivity contribution in [3.63, 3.8) is 0 Å². The number of carbonyl (C=O) groups is 2. The van der Waals surface area contributed by atoms with Gasteiger partial charge in [-0.15, -0.1) is 11.8 Å². The SMILES string of the molecule is CC1=NCC(SC2=C(C(=O)O)N3C(=O)[C@H](C(C)O)[C@H]3S2)CN1. The van der Waals surface area contributed by atoms with E-state index in [-0.39, 0.29) is 22.2 Å². The Balaban J connectivity index is 1.78. The maximum Gasteiger partial charge on any atom is 0.354 e. The highest BCUT2D eigenvalue weighted by atomic mass is 32.2. The van der Waals surface area contributed by atoms with Gasteiger partial charge in [-0.2, -0.15) is 0 Å². The molecular weight excluding hydrogens is 326 g/mol. The van der Waals surface area contributed by atoms with Crippen molar-refractivity contribution >= 4 is 41.2 Å². The van der Waals surface area contributed by atoms with Crippen LogP contribution in [0, 0.1) is 5.92 Å². The Bertz CT molecular complexity index is 590. The number of thioether (sulfide) groups is 2. The van der Waals surface area contributed by atoms with Crippen LogP contribution in [0.4, 0.5) is 0 Å². The Morgan fingerprint density at radius 3 is 2.86 bits per heavy atom. The number of hydrogen-bond acceptors (Lipinski definition) is 7. The number of amides is 1. The molecule has 0 bridgehead atoms. The van der Waals surface area contributed by atoms with Crippen molar-refractivity contribution in [1.82, 2.24) is 10.2 Å². The van der Waals surface area contributed by atoms with Crippen molar-refractivity contribution in [2.45, 2.75) is 30.6 Å². The molecule has 2 unspecified atom stereocenters. The summed E-state index contributed by atoms with van der Waals surface area (Å²) >= 11 is 2.81. The Hall–Kier alpha value is -1.19. The van der Waals surface area contributed by atoms with Crippen LogP contribution in [0.15, 0.2) is 14.9 Å². The molecule has 4 atom stereocenters. The van der Waals surface area contributed by atoms with Crippen LogP contribution in [0.5, 0.6) is 0 Å². The molecule has 0 aromatic carbocycles. The van der Waals surface area contributed by atoms with Gasteiger partial charge in [-0.1, -0.05) is 11.8 Å². The Morgan fingerprint density at radius 2 is 2.32 bits per heavy atom. The monoisotopic (exact) mass is 343 g/mol. The van der Waals surface area contributed by atoms with E-state index >= 15 is 0 Å². The predicted molar refractivity (Wildman–Crippen MR) is 85.4 cm³/mol. The zero-order chi connectivity index (χ0) is 16.0. The Morgan fingerprint density at radius 1 is 1.59 bits per heavy atom. The molecule has 22 heavy (non-hydrogen) atoms. The third-order valence-corrected chi connectivity index (χ3v) is 6.65. The zero-order valence-corrected chi connectivity index (χ0v) is 13.8. The summed E-state index contributed by atoms with van der Waals surface area (Å²) in [5.41, 5.74) is 0.0492. The minimum atomic E-state index is -1.10. The Kier molecular flexibility index (Phi) is 4.13. The molecule has 0 aliphatic carbocycles. The van der Waals surface area contributed by atoms with E-state index in [0.29, 0.717) is 10.8 Å². The van der Waals surface area contributed by atoms with E-state index in [1.54, 1.807) is 6.92 Å². The van der Waals surface area contributed by atoms with Gasteiger partial charge in [-0.25, -0.2) is 4.79 Å². The molecule has 1 amide bonds. The van der Waals surface area contributed by atoms with Crippen molar-refractivity contribution in [1.29, 1.82) is 0 Å². The number of carboxylic acid groups (broad SMARTS) is 1. The maximum atomic E-state index is 12.1. The number of aliphatic carboxylic acids is 1. The van der Waals surface area contributed by atoms with Crippen LogP contribution in [0.1, 0.15) is 13.8 Å². The number of nitrogens with one attached hydrogen (secondary N) is 1. The maximum absolute atomic E-state index is 12.1. The molecule has 9 heteroatoms. The molecule has 0 aromatic heterocycles. The van der Waals surface area contributed by atoms with Gasteiger partial charge in [-0.3, -0.25) is 14.7 Å². The van der Waals surface area contributed by atoms with E-state index in [1.165, 1.54) is 28.4 Å². The van der Waals surface area contributed by atoms with Crippen LogP contribution < -0.4 is 5.32 Å². The molecular formula is C13H17N3O4S2. The summed E-state index contributed by atoms with van der Waals surface area (Å²) in [7, 11) is 0. The number of aliphatic hydroxyl groups is 1. The quantitative estimate of drug-likeness (QED) is 0.630. The Labute approximate surface area is 136 Å². The van der Waals surface area contributed by atoms with Gasteiger partial charge in [0.1, 0.15) is 5.37 Å². The van der Waals surface area contributed by atoms with Crippen LogP contribution in [0.3, 0.4) is 0 Å². The lowest BCUT2D eigenvalue weighted by atomic mass is 9.92. The molecule has 3 heterocycles. The fraction of sp³-hybridized carbons (Fsp3) is 0.615. The molecule has 7 nitrogen and oxygen atoms in total. The number of aliphatic hydroxyl groups excluding tert-OH is 1. The number of amidine groups is 1. The van der Waals surface area contributed by atoms with Crippen molar-refractivity contribution in [3.05, 3.63) is 9.93 Å². The molecule has 3 rings (SSSR count). The highest BCUT2D eigenvalue weighted by Crippen LogP contribution is 2.54. The largest absolute Gasteiger partial charge is 0.477 e. The van der Waals surface area contributed by atoms with E-state index < -0.39 is 18.0 Å². The van der Waals surface area contributed by atoms with E-state index in [0.717, 1.165) is 12.4 Å². The molecule has 0 aromatic rings. The second kappa shape index (κ2) is 5.78. The topological polar surface area (TPSA) is 102 Å². The van der Waals surface area contributed by atoms with Crippen molar-refractivity contribution in [3.8, 4) is 0 Å². The lowest BCUT2D eigenvalue weighted by Crippen LogP contribution is -2.60.